The van der Waals surface area contributed by atoms with Crippen LogP contribution >= 0.6 is 15.9 Å². The number of halogens is 2. The summed E-state index contributed by atoms with van der Waals surface area (Å²) < 4.78 is 53.9. The van der Waals surface area contributed by atoms with Gasteiger partial charge >= 0.3 is 0 Å². The van der Waals surface area contributed by atoms with Crippen LogP contribution in [-0.4, -0.2) is 58.5 Å². The maximum Gasteiger partial charge on any atom is 0.264 e. The summed E-state index contributed by atoms with van der Waals surface area (Å²) in [4.78, 5) is 28.0. The molecule has 0 fully saturated rings. The van der Waals surface area contributed by atoms with E-state index in [-0.39, 0.29) is 28.8 Å². The Balaban J connectivity index is 2.06. The van der Waals surface area contributed by atoms with Crippen LogP contribution in [0, 0.1) is 5.82 Å². The van der Waals surface area contributed by atoms with Crippen molar-refractivity contribution in [3.8, 4) is 11.5 Å². The summed E-state index contributed by atoms with van der Waals surface area (Å²) in [6.07, 6.45) is 0.708. The maximum atomic E-state index is 14.0. The molecule has 0 spiro atoms. The minimum atomic E-state index is -4.37. The van der Waals surface area contributed by atoms with Crippen molar-refractivity contribution in [2.24, 2.45) is 0 Å². The van der Waals surface area contributed by atoms with E-state index in [9.17, 15) is 22.4 Å². The number of anilines is 1. The van der Waals surface area contributed by atoms with E-state index in [1.165, 1.54) is 49.5 Å². The molecule has 41 heavy (non-hydrogen) atoms. The molecule has 0 aliphatic carbocycles. The Kier molecular flexibility index (Phi) is 11.1. The number of carbonyl (C=O) groups excluding carboxylic acids is 2. The molecule has 0 saturated carbocycles. The molecule has 0 aliphatic heterocycles. The average Bonchev–Trinajstić information content (AvgIpc) is 2.97. The van der Waals surface area contributed by atoms with Gasteiger partial charge in [0.1, 0.15) is 18.4 Å². The maximum absolute atomic E-state index is 14.0. The second-order valence-corrected chi connectivity index (χ2v) is 11.9. The van der Waals surface area contributed by atoms with E-state index < -0.39 is 34.3 Å². The van der Waals surface area contributed by atoms with E-state index >= 15 is 0 Å². The van der Waals surface area contributed by atoms with Crippen molar-refractivity contribution in [3.05, 3.63) is 82.6 Å². The summed E-state index contributed by atoms with van der Waals surface area (Å²) >= 11 is 3.42. The number of ether oxygens (including phenoxy) is 2. The van der Waals surface area contributed by atoms with Crippen molar-refractivity contribution in [2.45, 2.75) is 37.8 Å². The molecule has 0 bridgehead atoms. The second kappa shape index (κ2) is 14.3. The number of carbonyl (C=O) groups is 2. The first-order chi connectivity index (χ1) is 19.5. The van der Waals surface area contributed by atoms with E-state index in [0.29, 0.717) is 18.7 Å². The fourth-order valence-electron chi connectivity index (χ4n) is 4.05. The topological polar surface area (TPSA) is 105 Å². The summed E-state index contributed by atoms with van der Waals surface area (Å²) in [6.45, 7) is 3.33. The highest BCUT2D eigenvalue weighted by Gasteiger charge is 2.33. The second-order valence-electron chi connectivity index (χ2n) is 9.12. The highest BCUT2D eigenvalue weighted by atomic mass is 79.9. The molecule has 12 heteroatoms. The number of nitrogens with one attached hydrogen (secondary N) is 1. The summed E-state index contributed by atoms with van der Waals surface area (Å²) in [6, 6.07) is 15.2. The van der Waals surface area contributed by atoms with Crippen molar-refractivity contribution < 1.29 is 31.9 Å². The van der Waals surface area contributed by atoms with Gasteiger partial charge in [-0.05, 0) is 67.4 Å². The van der Waals surface area contributed by atoms with Gasteiger partial charge < -0.3 is 19.7 Å². The van der Waals surface area contributed by atoms with Gasteiger partial charge in [0.15, 0.2) is 11.5 Å². The minimum absolute atomic E-state index is 0.0483. The van der Waals surface area contributed by atoms with Gasteiger partial charge in [0.05, 0.1) is 24.8 Å². The lowest BCUT2D eigenvalue weighted by atomic mass is 10.1. The summed E-state index contributed by atoms with van der Waals surface area (Å²) in [5.74, 6) is -1.07. The molecule has 3 rings (SSSR count). The zero-order valence-electron chi connectivity index (χ0n) is 23.3. The third-order valence-electron chi connectivity index (χ3n) is 6.29. The van der Waals surface area contributed by atoms with Crippen LogP contribution in [0.15, 0.2) is 76.1 Å². The molecule has 0 heterocycles. The van der Waals surface area contributed by atoms with E-state index in [1.54, 1.807) is 19.1 Å². The van der Waals surface area contributed by atoms with Crippen LogP contribution in [0.5, 0.6) is 11.5 Å². The molecule has 1 unspecified atom stereocenters. The first kappa shape index (κ1) is 31.9. The Morgan fingerprint density at radius 2 is 1.68 bits per heavy atom. The molecule has 1 N–H and O–H groups in total. The zero-order chi connectivity index (χ0) is 30.2. The summed E-state index contributed by atoms with van der Waals surface area (Å²) in [5.41, 5.74) is 0.805. The summed E-state index contributed by atoms with van der Waals surface area (Å²) in [7, 11) is -1.57. The van der Waals surface area contributed by atoms with Gasteiger partial charge in [-0.1, -0.05) is 35.0 Å². The van der Waals surface area contributed by atoms with Crippen molar-refractivity contribution in [3.63, 3.8) is 0 Å². The quantitative estimate of drug-likeness (QED) is 0.287. The average molecular weight is 651 g/mol. The van der Waals surface area contributed by atoms with E-state index in [0.717, 1.165) is 26.5 Å². The molecular formula is C29H33BrFN3O6S. The Morgan fingerprint density at radius 1 is 1.00 bits per heavy atom. The summed E-state index contributed by atoms with van der Waals surface area (Å²) in [5, 5.41) is 2.79. The van der Waals surface area contributed by atoms with E-state index in [2.05, 4.69) is 21.2 Å². The van der Waals surface area contributed by atoms with Crippen LogP contribution in [0.2, 0.25) is 0 Å². The normalized spacial score (nSPS) is 11.9. The molecule has 0 aromatic heterocycles. The van der Waals surface area contributed by atoms with Crippen molar-refractivity contribution in [1.82, 2.24) is 10.2 Å². The van der Waals surface area contributed by atoms with Crippen LogP contribution in [0.3, 0.4) is 0 Å². The molecular weight excluding hydrogens is 617 g/mol. The molecule has 2 amide bonds. The smallest absolute Gasteiger partial charge is 0.264 e. The molecule has 0 radical (unpaired) electrons. The standard InChI is InChI=1S/C29H33BrFN3O6S/c1-5-15-32-29(36)20(2)33(18-21-7-6-8-22(30)16-21)28(35)19-34(24-11-9-23(31)10-12-24)41(37,38)25-13-14-26(39-3)27(17-25)40-4/h6-14,16-17,20H,5,15,18-19H2,1-4H3,(H,32,36). The lowest BCUT2D eigenvalue weighted by molar-refractivity contribution is -0.139. The minimum Gasteiger partial charge on any atom is -0.493 e. The first-order valence-corrected chi connectivity index (χ1v) is 15.1. The Hall–Kier alpha value is -3.64. The molecule has 3 aromatic rings. The Bertz CT molecular complexity index is 1470. The molecule has 220 valence electrons. The van der Waals surface area contributed by atoms with Gasteiger partial charge in [-0.3, -0.25) is 13.9 Å². The number of hydrogen-bond acceptors (Lipinski definition) is 6. The van der Waals surface area contributed by atoms with Gasteiger partial charge in [-0.15, -0.1) is 0 Å². The number of sulfonamides is 1. The Morgan fingerprint density at radius 3 is 2.29 bits per heavy atom. The highest BCUT2D eigenvalue weighted by molar-refractivity contribution is 9.10. The van der Waals surface area contributed by atoms with Gasteiger partial charge in [0, 0.05) is 23.6 Å². The van der Waals surface area contributed by atoms with E-state index in [1.807, 2.05) is 19.1 Å². The molecule has 9 nitrogen and oxygen atoms in total. The first-order valence-electron chi connectivity index (χ1n) is 12.8. The SMILES string of the molecule is CCCNC(=O)C(C)N(Cc1cccc(Br)c1)C(=O)CN(c1ccc(F)cc1)S(=O)(=O)c1ccc(OC)c(OC)c1. The number of nitrogens with zero attached hydrogens (tertiary/aromatic N) is 2. The molecule has 0 aliphatic rings. The van der Waals surface area contributed by atoms with Crippen LogP contribution < -0.4 is 19.1 Å². The fourth-order valence-corrected chi connectivity index (χ4v) is 5.93. The van der Waals surface area contributed by atoms with Crippen molar-refractivity contribution in [1.29, 1.82) is 0 Å². The van der Waals surface area contributed by atoms with Crippen molar-refractivity contribution in [2.75, 3.05) is 31.6 Å². The van der Waals surface area contributed by atoms with Gasteiger partial charge in [-0.2, -0.15) is 0 Å². The van der Waals surface area contributed by atoms with Gasteiger partial charge in [-0.25, -0.2) is 12.8 Å². The molecule has 3 aromatic carbocycles. The number of amides is 2. The van der Waals surface area contributed by atoms with E-state index in [4.69, 9.17) is 9.47 Å². The van der Waals surface area contributed by atoms with Crippen LogP contribution in [0.4, 0.5) is 10.1 Å². The third kappa shape index (κ3) is 7.98. The predicted molar refractivity (Wildman–Crippen MR) is 158 cm³/mol. The predicted octanol–water partition coefficient (Wildman–Crippen LogP) is 4.74. The fraction of sp³-hybridized carbons (Fsp3) is 0.310. The zero-order valence-corrected chi connectivity index (χ0v) is 25.7. The Labute approximate surface area is 248 Å². The molecule has 1 atom stereocenters. The monoisotopic (exact) mass is 649 g/mol. The number of rotatable bonds is 13. The number of benzene rings is 3. The highest BCUT2D eigenvalue weighted by Crippen LogP contribution is 2.32. The lowest BCUT2D eigenvalue weighted by Gasteiger charge is -2.32. The number of methoxy groups -OCH3 is 2. The van der Waals surface area contributed by atoms with Crippen LogP contribution in [0.1, 0.15) is 25.8 Å². The lowest BCUT2D eigenvalue weighted by Crippen LogP contribution is -2.51. The van der Waals surface area contributed by atoms with Gasteiger partial charge in [0.25, 0.3) is 10.0 Å². The number of hydrogen-bond donors (Lipinski definition) is 1. The largest absolute Gasteiger partial charge is 0.493 e. The van der Waals surface area contributed by atoms with Crippen LogP contribution in [0.25, 0.3) is 0 Å². The van der Waals surface area contributed by atoms with Gasteiger partial charge in [0.2, 0.25) is 11.8 Å². The van der Waals surface area contributed by atoms with Crippen LogP contribution in [-0.2, 0) is 26.2 Å². The third-order valence-corrected chi connectivity index (χ3v) is 8.56. The van der Waals surface area contributed by atoms with Crippen molar-refractivity contribution >= 4 is 43.5 Å². The molecule has 0 saturated heterocycles.